The first-order chi connectivity index (χ1) is 9.97. The number of benzene rings is 1. The third-order valence-electron chi connectivity index (χ3n) is 3.90. The van der Waals surface area contributed by atoms with Crippen molar-refractivity contribution in [1.29, 1.82) is 0 Å². The van der Waals surface area contributed by atoms with Crippen LogP contribution in [-0.2, 0) is 0 Å². The van der Waals surface area contributed by atoms with Crippen LogP contribution in [-0.4, -0.2) is 49.1 Å². The van der Waals surface area contributed by atoms with Gasteiger partial charge in [0.15, 0.2) is 0 Å². The van der Waals surface area contributed by atoms with Gasteiger partial charge >= 0.3 is 6.03 Å². The molecule has 3 rings (SSSR count). The van der Waals surface area contributed by atoms with E-state index in [0.717, 1.165) is 0 Å². The highest BCUT2D eigenvalue weighted by molar-refractivity contribution is 6.34. The molecule has 112 valence electrons. The van der Waals surface area contributed by atoms with Crippen LogP contribution in [0.2, 0.25) is 5.02 Å². The van der Waals surface area contributed by atoms with Gasteiger partial charge in [-0.2, -0.15) is 0 Å². The number of primary amides is 1. The maximum absolute atomic E-state index is 11.7. The summed E-state index contributed by atoms with van der Waals surface area (Å²) in [6.45, 7) is 2.36. The molecule has 1 aromatic rings. The Morgan fingerprint density at radius 3 is 2.86 bits per heavy atom. The summed E-state index contributed by atoms with van der Waals surface area (Å²) in [5, 5.41) is 3.21. The Bertz CT molecular complexity index is 621. The minimum Gasteiger partial charge on any atom is -0.399 e. The molecule has 0 bridgehead atoms. The minimum absolute atomic E-state index is 0.0434. The van der Waals surface area contributed by atoms with Crippen LogP contribution in [0.3, 0.4) is 0 Å². The fourth-order valence-corrected chi connectivity index (χ4v) is 3.28. The van der Waals surface area contributed by atoms with E-state index in [9.17, 15) is 9.59 Å². The van der Waals surface area contributed by atoms with Gasteiger partial charge in [0.1, 0.15) is 0 Å². The van der Waals surface area contributed by atoms with Crippen molar-refractivity contribution in [2.24, 2.45) is 5.73 Å². The summed E-state index contributed by atoms with van der Waals surface area (Å²) in [5.41, 5.74) is 12.5. The van der Waals surface area contributed by atoms with Crippen molar-refractivity contribution in [3.05, 3.63) is 22.7 Å². The summed E-state index contributed by atoms with van der Waals surface area (Å²) >= 11 is 6.26. The predicted octanol–water partition coefficient (Wildman–Crippen LogP) is 0.235. The number of nitrogens with one attached hydrogen (secondary N) is 1. The number of nitrogen functional groups attached to an aromatic ring is 1. The van der Waals surface area contributed by atoms with E-state index in [0.29, 0.717) is 48.1 Å². The molecule has 0 saturated carbocycles. The molecule has 0 radical (unpaired) electrons. The summed E-state index contributed by atoms with van der Waals surface area (Å²) in [4.78, 5) is 27.1. The molecule has 1 atom stereocenters. The third-order valence-corrected chi connectivity index (χ3v) is 4.19. The summed E-state index contributed by atoms with van der Waals surface area (Å²) in [5.74, 6) is -0.567. The Morgan fingerprint density at radius 2 is 2.14 bits per heavy atom. The topological polar surface area (TPSA) is 105 Å². The van der Waals surface area contributed by atoms with E-state index < -0.39 is 5.91 Å². The van der Waals surface area contributed by atoms with Crippen LogP contribution < -0.4 is 21.7 Å². The van der Waals surface area contributed by atoms with Crippen molar-refractivity contribution in [1.82, 2.24) is 10.2 Å². The van der Waals surface area contributed by atoms with Crippen molar-refractivity contribution in [2.45, 2.75) is 6.04 Å². The normalized spacial score (nSPS) is 21.2. The number of piperazine rings is 1. The van der Waals surface area contributed by atoms with Crippen molar-refractivity contribution < 1.29 is 9.59 Å². The van der Waals surface area contributed by atoms with E-state index in [2.05, 4.69) is 5.32 Å². The smallest absolute Gasteiger partial charge is 0.317 e. The molecular weight excluding hydrogens is 294 g/mol. The van der Waals surface area contributed by atoms with Crippen molar-refractivity contribution in [3.8, 4) is 0 Å². The number of nitrogens with zero attached hydrogens (tertiary/aromatic N) is 2. The van der Waals surface area contributed by atoms with Crippen molar-refractivity contribution >= 4 is 34.9 Å². The van der Waals surface area contributed by atoms with Gasteiger partial charge in [-0.25, -0.2) is 4.79 Å². The SMILES string of the molecule is NC(=O)c1cc(N)cc(Cl)c1N1CCN2C(=O)NCC2C1. The number of hydrogen-bond acceptors (Lipinski definition) is 4. The lowest BCUT2D eigenvalue weighted by Gasteiger charge is -2.38. The zero-order chi connectivity index (χ0) is 15.1. The standard InChI is InChI=1S/C13H16ClN5O2/c14-10-4-7(15)3-9(12(16)20)11(10)18-1-2-19-8(6-18)5-17-13(19)21/h3-4,8H,1-2,5-6,15H2,(H2,16,20)(H,17,21). The van der Waals surface area contributed by atoms with Crippen molar-refractivity contribution in [3.63, 3.8) is 0 Å². The van der Waals surface area contributed by atoms with Gasteiger partial charge in [-0.3, -0.25) is 4.79 Å². The molecular formula is C13H16ClN5O2. The molecule has 5 N–H and O–H groups in total. The van der Waals surface area contributed by atoms with Gasteiger partial charge in [-0.1, -0.05) is 11.6 Å². The Labute approximate surface area is 126 Å². The lowest BCUT2D eigenvalue weighted by atomic mass is 10.1. The van der Waals surface area contributed by atoms with E-state index >= 15 is 0 Å². The number of amides is 3. The Morgan fingerprint density at radius 1 is 1.38 bits per heavy atom. The van der Waals surface area contributed by atoms with Gasteiger partial charge in [-0.05, 0) is 12.1 Å². The molecule has 2 fully saturated rings. The van der Waals surface area contributed by atoms with Crippen LogP contribution in [0.1, 0.15) is 10.4 Å². The van der Waals surface area contributed by atoms with Gasteiger partial charge in [0, 0.05) is 31.9 Å². The van der Waals surface area contributed by atoms with E-state index in [4.69, 9.17) is 23.1 Å². The molecule has 2 heterocycles. The number of rotatable bonds is 2. The number of carbonyl (C=O) groups is 2. The number of urea groups is 1. The summed E-state index contributed by atoms with van der Waals surface area (Å²) in [6.07, 6.45) is 0. The van der Waals surface area contributed by atoms with Crippen LogP contribution in [0.15, 0.2) is 12.1 Å². The zero-order valence-electron chi connectivity index (χ0n) is 11.3. The summed E-state index contributed by atoms with van der Waals surface area (Å²) in [7, 11) is 0. The highest BCUT2D eigenvalue weighted by atomic mass is 35.5. The average Bonchev–Trinajstić information content (AvgIpc) is 2.79. The number of hydrogen-bond donors (Lipinski definition) is 3. The predicted molar refractivity (Wildman–Crippen MR) is 80.5 cm³/mol. The third kappa shape index (κ3) is 2.33. The first kappa shape index (κ1) is 13.8. The van der Waals surface area contributed by atoms with Crippen LogP contribution in [0.25, 0.3) is 0 Å². The van der Waals surface area contributed by atoms with Gasteiger partial charge in [0.05, 0.1) is 22.3 Å². The molecule has 2 saturated heterocycles. The zero-order valence-corrected chi connectivity index (χ0v) is 12.1. The van der Waals surface area contributed by atoms with Crippen LogP contribution >= 0.6 is 11.6 Å². The van der Waals surface area contributed by atoms with Gasteiger partial charge in [-0.15, -0.1) is 0 Å². The molecule has 1 aromatic carbocycles. The quantitative estimate of drug-likeness (QED) is 0.680. The first-order valence-corrected chi connectivity index (χ1v) is 7.03. The Balaban J connectivity index is 1.94. The Hall–Kier alpha value is -2.15. The lowest BCUT2D eigenvalue weighted by molar-refractivity contribution is 0.100. The second-order valence-electron chi connectivity index (χ2n) is 5.24. The number of halogens is 1. The number of nitrogens with two attached hydrogens (primary N) is 2. The molecule has 2 aliphatic heterocycles. The van der Waals surface area contributed by atoms with Gasteiger partial charge in [0.25, 0.3) is 5.91 Å². The second kappa shape index (κ2) is 5.00. The first-order valence-electron chi connectivity index (χ1n) is 6.65. The summed E-state index contributed by atoms with van der Waals surface area (Å²) in [6, 6.07) is 3.17. The maximum atomic E-state index is 11.7. The molecule has 2 aliphatic rings. The van der Waals surface area contributed by atoms with Crippen LogP contribution in [0.5, 0.6) is 0 Å². The fraction of sp³-hybridized carbons (Fsp3) is 0.385. The monoisotopic (exact) mass is 309 g/mol. The van der Waals surface area contributed by atoms with Crippen LogP contribution in [0.4, 0.5) is 16.2 Å². The highest BCUT2D eigenvalue weighted by Gasteiger charge is 2.36. The van der Waals surface area contributed by atoms with Gasteiger partial charge < -0.3 is 26.6 Å². The van der Waals surface area contributed by atoms with E-state index in [-0.39, 0.29) is 12.1 Å². The maximum Gasteiger partial charge on any atom is 0.317 e. The largest absolute Gasteiger partial charge is 0.399 e. The summed E-state index contributed by atoms with van der Waals surface area (Å²) < 4.78 is 0. The molecule has 21 heavy (non-hydrogen) atoms. The molecule has 3 amide bonds. The molecule has 8 heteroatoms. The van der Waals surface area contributed by atoms with E-state index in [1.807, 2.05) is 4.90 Å². The van der Waals surface area contributed by atoms with Crippen molar-refractivity contribution in [2.75, 3.05) is 36.8 Å². The van der Waals surface area contributed by atoms with Gasteiger partial charge in [0.2, 0.25) is 0 Å². The average molecular weight is 310 g/mol. The molecule has 0 aliphatic carbocycles. The Kier molecular flexibility index (Phi) is 3.29. The van der Waals surface area contributed by atoms with E-state index in [1.165, 1.54) is 6.07 Å². The molecule has 0 spiro atoms. The minimum atomic E-state index is -0.567. The van der Waals surface area contributed by atoms with Crippen LogP contribution in [0, 0.1) is 0 Å². The van der Waals surface area contributed by atoms with E-state index in [1.54, 1.807) is 11.0 Å². The number of anilines is 2. The fourth-order valence-electron chi connectivity index (χ4n) is 2.94. The lowest BCUT2D eigenvalue weighted by Crippen LogP contribution is -2.52. The second-order valence-corrected chi connectivity index (χ2v) is 5.65. The highest BCUT2D eigenvalue weighted by Crippen LogP contribution is 2.34. The molecule has 7 nitrogen and oxygen atoms in total. The number of carbonyl (C=O) groups excluding carboxylic acids is 2. The molecule has 0 aromatic heterocycles. The molecule has 1 unspecified atom stereocenters. The number of fused-ring (bicyclic) bond motifs is 1.